The predicted octanol–water partition coefficient (Wildman–Crippen LogP) is 4.72. The summed E-state index contributed by atoms with van der Waals surface area (Å²) >= 11 is 0. The molecule has 0 heterocycles. The van der Waals surface area contributed by atoms with Gasteiger partial charge in [-0.1, -0.05) is 58.9 Å². The van der Waals surface area contributed by atoms with Crippen LogP contribution in [0.4, 0.5) is 0 Å². The van der Waals surface area contributed by atoms with Gasteiger partial charge in [-0.15, -0.1) is 0 Å². The van der Waals surface area contributed by atoms with Gasteiger partial charge >= 0.3 is 0 Å². The lowest BCUT2D eigenvalue weighted by Crippen LogP contribution is -2.20. The van der Waals surface area contributed by atoms with E-state index in [1.54, 1.807) is 18.2 Å². The maximum absolute atomic E-state index is 10.1. The Morgan fingerprint density at radius 3 is 1.76 bits per heavy atom. The highest BCUT2D eigenvalue weighted by Crippen LogP contribution is 2.38. The van der Waals surface area contributed by atoms with Gasteiger partial charge in [-0.25, -0.2) is 0 Å². The molecule has 21 heavy (non-hydrogen) atoms. The molecule has 0 fully saturated rings. The normalized spacial score (nSPS) is 12.4. The van der Waals surface area contributed by atoms with Crippen molar-refractivity contribution in [3.05, 3.63) is 59.2 Å². The van der Waals surface area contributed by atoms with Gasteiger partial charge in [0.2, 0.25) is 0 Å². The maximum Gasteiger partial charge on any atom is 0.119 e. The van der Waals surface area contributed by atoms with Crippen LogP contribution in [0.5, 0.6) is 11.5 Å². The second kappa shape index (κ2) is 5.10. The molecule has 0 saturated heterocycles. The van der Waals surface area contributed by atoms with E-state index in [4.69, 9.17) is 0 Å². The molecule has 0 bridgehead atoms. The first-order valence-corrected chi connectivity index (χ1v) is 7.26. The third-order valence-electron chi connectivity index (χ3n) is 4.12. The van der Waals surface area contributed by atoms with Crippen LogP contribution in [0.1, 0.15) is 51.3 Å². The van der Waals surface area contributed by atoms with E-state index >= 15 is 0 Å². The molecular formula is C19H24O2. The molecule has 0 aliphatic rings. The fourth-order valence-corrected chi connectivity index (χ4v) is 2.57. The Labute approximate surface area is 127 Å². The van der Waals surface area contributed by atoms with Crippen LogP contribution in [-0.4, -0.2) is 10.2 Å². The molecule has 0 aliphatic carbocycles. The lowest BCUT2D eigenvalue weighted by Gasteiger charge is -2.29. The Bertz CT molecular complexity index is 632. The van der Waals surface area contributed by atoms with Crippen molar-refractivity contribution < 1.29 is 10.2 Å². The van der Waals surface area contributed by atoms with Gasteiger partial charge in [-0.3, -0.25) is 0 Å². The minimum absolute atomic E-state index is 0.106. The lowest BCUT2D eigenvalue weighted by atomic mass is 9.75. The van der Waals surface area contributed by atoms with Gasteiger partial charge in [0.25, 0.3) is 0 Å². The summed E-state index contributed by atoms with van der Waals surface area (Å²) in [5, 5.41) is 19.6. The third-order valence-corrected chi connectivity index (χ3v) is 4.12. The zero-order valence-electron chi connectivity index (χ0n) is 13.4. The second-order valence-corrected chi connectivity index (χ2v) is 7.15. The molecule has 0 aromatic heterocycles. The van der Waals surface area contributed by atoms with E-state index in [1.165, 1.54) is 0 Å². The van der Waals surface area contributed by atoms with Crippen LogP contribution in [0, 0.1) is 0 Å². The number of hydrogen-bond donors (Lipinski definition) is 2. The topological polar surface area (TPSA) is 40.5 Å². The summed E-state index contributed by atoms with van der Waals surface area (Å²) in [4.78, 5) is 0. The molecule has 0 radical (unpaired) electrons. The minimum Gasteiger partial charge on any atom is -0.508 e. The molecule has 2 N–H and O–H groups in total. The average Bonchev–Trinajstić information content (AvgIpc) is 2.38. The summed E-state index contributed by atoms with van der Waals surface area (Å²) in [7, 11) is 0. The highest BCUT2D eigenvalue weighted by atomic mass is 16.3. The molecule has 2 heteroatoms. The largest absolute Gasteiger partial charge is 0.508 e. The monoisotopic (exact) mass is 284 g/mol. The Kier molecular flexibility index (Phi) is 3.75. The Balaban J connectivity index is 2.52. The van der Waals surface area contributed by atoms with Crippen molar-refractivity contribution in [2.45, 2.75) is 45.4 Å². The number of rotatable bonds is 2. The molecule has 2 rings (SSSR count). The lowest BCUT2D eigenvalue weighted by molar-refractivity contribution is 0.445. The zero-order chi connectivity index (χ0) is 15.8. The summed E-state index contributed by atoms with van der Waals surface area (Å²) < 4.78 is 0. The highest BCUT2D eigenvalue weighted by Gasteiger charge is 2.26. The Hall–Kier alpha value is -1.96. The van der Waals surface area contributed by atoms with E-state index in [1.807, 2.05) is 18.2 Å². The van der Waals surface area contributed by atoms with Crippen LogP contribution in [0.3, 0.4) is 0 Å². The van der Waals surface area contributed by atoms with Crippen molar-refractivity contribution in [1.29, 1.82) is 0 Å². The molecule has 0 amide bonds. The Morgan fingerprint density at radius 1 is 0.714 bits per heavy atom. The average molecular weight is 284 g/mol. The van der Waals surface area contributed by atoms with Crippen molar-refractivity contribution in [3.63, 3.8) is 0 Å². The van der Waals surface area contributed by atoms with Crippen LogP contribution in [0.2, 0.25) is 0 Å². The van der Waals surface area contributed by atoms with Gasteiger partial charge in [0.05, 0.1) is 0 Å². The quantitative estimate of drug-likeness (QED) is 0.837. The fourth-order valence-electron chi connectivity index (χ4n) is 2.57. The first-order chi connectivity index (χ1) is 9.62. The van der Waals surface area contributed by atoms with E-state index in [0.29, 0.717) is 5.75 Å². The molecule has 0 unspecified atom stereocenters. The van der Waals surface area contributed by atoms with E-state index in [-0.39, 0.29) is 16.6 Å². The first-order valence-electron chi connectivity index (χ1n) is 7.26. The number of phenolic OH excluding ortho intramolecular Hbond substituents is 2. The number of benzene rings is 2. The maximum atomic E-state index is 10.1. The second-order valence-electron chi connectivity index (χ2n) is 7.15. The summed E-state index contributed by atoms with van der Waals surface area (Å²) in [6.45, 7) is 10.6. The van der Waals surface area contributed by atoms with Crippen molar-refractivity contribution in [3.8, 4) is 11.5 Å². The third kappa shape index (κ3) is 3.05. The van der Waals surface area contributed by atoms with Gasteiger partial charge in [-0.05, 0) is 40.3 Å². The Morgan fingerprint density at radius 2 is 1.24 bits per heavy atom. The van der Waals surface area contributed by atoms with E-state index in [2.05, 4.69) is 40.7 Å². The number of hydrogen-bond acceptors (Lipinski definition) is 2. The van der Waals surface area contributed by atoms with Crippen LogP contribution in [0.15, 0.2) is 42.5 Å². The van der Waals surface area contributed by atoms with Crippen molar-refractivity contribution in [2.24, 2.45) is 0 Å². The summed E-state index contributed by atoms with van der Waals surface area (Å²) in [5.74, 6) is 0.614. The highest BCUT2D eigenvalue weighted by molar-refractivity contribution is 5.46. The standard InChI is InChI=1S/C19H24O2/c1-18(2,3)16-12-14(8-11-17(16)21)19(4,5)13-6-9-15(20)10-7-13/h6-12,20-21H,1-5H3. The van der Waals surface area contributed by atoms with Crippen molar-refractivity contribution in [1.82, 2.24) is 0 Å². The fraction of sp³-hybridized carbons (Fsp3) is 0.368. The minimum atomic E-state index is -0.193. The van der Waals surface area contributed by atoms with Crippen LogP contribution >= 0.6 is 0 Å². The van der Waals surface area contributed by atoms with Gasteiger partial charge < -0.3 is 10.2 Å². The van der Waals surface area contributed by atoms with Crippen molar-refractivity contribution in [2.75, 3.05) is 0 Å². The van der Waals surface area contributed by atoms with Crippen molar-refractivity contribution >= 4 is 0 Å². The molecular weight excluding hydrogens is 260 g/mol. The summed E-state index contributed by atoms with van der Waals surface area (Å²) in [6.07, 6.45) is 0. The van der Waals surface area contributed by atoms with Gasteiger partial charge in [-0.2, -0.15) is 0 Å². The SMILES string of the molecule is CC(C)(C)c1cc(C(C)(C)c2ccc(O)cc2)ccc1O. The van der Waals surface area contributed by atoms with E-state index in [0.717, 1.165) is 16.7 Å². The van der Waals surface area contributed by atoms with Gasteiger partial charge in [0.1, 0.15) is 11.5 Å². The zero-order valence-corrected chi connectivity index (χ0v) is 13.4. The molecule has 0 atom stereocenters. The number of phenols is 2. The molecule has 0 saturated carbocycles. The van der Waals surface area contributed by atoms with Crippen LogP contribution in [0.25, 0.3) is 0 Å². The molecule has 2 nitrogen and oxygen atoms in total. The van der Waals surface area contributed by atoms with E-state index in [9.17, 15) is 10.2 Å². The predicted molar refractivity (Wildman–Crippen MR) is 87.0 cm³/mol. The number of aromatic hydroxyl groups is 2. The smallest absolute Gasteiger partial charge is 0.119 e. The van der Waals surface area contributed by atoms with Gasteiger partial charge in [0.15, 0.2) is 0 Å². The molecule has 112 valence electrons. The van der Waals surface area contributed by atoms with Crippen LogP contribution in [-0.2, 0) is 10.8 Å². The van der Waals surface area contributed by atoms with Gasteiger partial charge in [0, 0.05) is 5.41 Å². The summed E-state index contributed by atoms with van der Waals surface area (Å²) in [6, 6.07) is 13.1. The van der Waals surface area contributed by atoms with E-state index < -0.39 is 0 Å². The molecule has 0 aliphatic heterocycles. The first kappa shape index (κ1) is 15.4. The molecule has 0 spiro atoms. The molecule has 2 aromatic carbocycles. The summed E-state index contributed by atoms with van der Waals surface area (Å²) in [5.41, 5.74) is 2.93. The molecule has 2 aromatic rings. The van der Waals surface area contributed by atoms with Crippen LogP contribution < -0.4 is 0 Å².